The van der Waals surface area contributed by atoms with Crippen LogP contribution in [0.5, 0.6) is 0 Å². The Labute approximate surface area is 116 Å². The average Bonchev–Trinajstić information content (AvgIpc) is 2.89. The number of carbonyl (C=O) groups is 2. The molecule has 0 aliphatic carbocycles. The van der Waals surface area contributed by atoms with Crippen molar-refractivity contribution in [2.45, 2.75) is 20.4 Å². The molecule has 5 heteroatoms. The predicted molar refractivity (Wildman–Crippen MR) is 73.1 cm³/mol. The van der Waals surface area contributed by atoms with Crippen LogP contribution in [0, 0.1) is 12.7 Å². The lowest BCUT2D eigenvalue weighted by atomic mass is 10.1. The van der Waals surface area contributed by atoms with Crippen LogP contribution < -0.4 is 5.32 Å². The van der Waals surface area contributed by atoms with Gasteiger partial charge >= 0.3 is 0 Å². The van der Waals surface area contributed by atoms with E-state index >= 15 is 0 Å². The Hall–Kier alpha value is -2.43. The van der Waals surface area contributed by atoms with Crippen LogP contribution in [0.3, 0.4) is 0 Å². The lowest BCUT2D eigenvalue weighted by Gasteiger charge is -2.05. The zero-order chi connectivity index (χ0) is 14.7. The van der Waals surface area contributed by atoms with Gasteiger partial charge in [-0.05, 0) is 37.1 Å². The van der Waals surface area contributed by atoms with Gasteiger partial charge in [-0.15, -0.1) is 0 Å². The summed E-state index contributed by atoms with van der Waals surface area (Å²) >= 11 is 0. The van der Waals surface area contributed by atoms with E-state index in [-0.39, 0.29) is 17.5 Å². The number of amides is 1. The Kier molecular flexibility index (Phi) is 3.98. The highest BCUT2D eigenvalue weighted by Gasteiger charge is 2.10. The number of hydrogen-bond donors (Lipinski definition) is 2. The van der Waals surface area contributed by atoms with Gasteiger partial charge in [0.1, 0.15) is 11.5 Å². The van der Waals surface area contributed by atoms with Crippen molar-refractivity contribution >= 4 is 11.7 Å². The first-order valence-corrected chi connectivity index (χ1v) is 6.20. The number of ketones is 1. The second-order valence-corrected chi connectivity index (χ2v) is 4.62. The molecule has 4 nitrogen and oxygen atoms in total. The molecule has 2 N–H and O–H groups in total. The Bertz CT molecular complexity index is 662. The molecule has 0 radical (unpaired) electrons. The van der Waals surface area contributed by atoms with E-state index in [1.54, 1.807) is 19.1 Å². The number of H-pyrrole nitrogens is 1. The molecule has 0 saturated carbocycles. The maximum absolute atomic E-state index is 13.1. The summed E-state index contributed by atoms with van der Waals surface area (Å²) in [7, 11) is 0. The van der Waals surface area contributed by atoms with Crippen molar-refractivity contribution in [3.8, 4) is 0 Å². The quantitative estimate of drug-likeness (QED) is 0.842. The normalized spacial score (nSPS) is 10.3. The highest BCUT2D eigenvalue weighted by molar-refractivity contribution is 5.99. The number of aromatic nitrogens is 1. The summed E-state index contributed by atoms with van der Waals surface area (Å²) in [6.45, 7) is 3.41. The molecule has 20 heavy (non-hydrogen) atoms. The summed E-state index contributed by atoms with van der Waals surface area (Å²) < 4.78 is 13.1. The number of nitrogens with one attached hydrogen (secondary N) is 2. The maximum atomic E-state index is 13.1. The van der Waals surface area contributed by atoms with Gasteiger partial charge in [-0.25, -0.2) is 4.39 Å². The molecule has 2 rings (SSSR count). The lowest BCUT2D eigenvalue weighted by Crippen LogP contribution is -2.23. The van der Waals surface area contributed by atoms with E-state index in [4.69, 9.17) is 0 Å². The molecule has 2 aromatic rings. The number of rotatable bonds is 4. The molecule has 1 amide bonds. The molecule has 1 aromatic carbocycles. The van der Waals surface area contributed by atoms with Gasteiger partial charge in [-0.3, -0.25) is 9.59 Å². The average molecular weight is 274 g/mol. The molecule has 0 bridgehead atoms. The van der Waals surface area contributed by atoms with E-state index in [0.717, 1.165) is 5.56 Å². The van der Waals surface area contributed by atoms with Crippen LogP contribution in [0.2, 0.25) is 0 Å². The summed E-state index contributed by atoms with van der Waals surface area (Å²) in [6.07, 6.45) is 1.50. The number of aromatic amines is 1. The van der Waals surface area contributed by atoms with Crippen LogP contribution in [0.15, 0.2) is 30.5 Å². The minimum absolute atomic E-state index is 0.102. The predicted octanol–water partition coefficient (Wildman–Crippen LogP) is 2.59. The molecule has 1 heterocycles. The fraction of sp³-hybridized carbons (Fsp3) is 0.200. The van der Waals surface area contributed by atoms with Gasteiger partial charge in [0.2, 0.25) is 0 Å². The fourth-order valence-electron chi connectivity index (χ4n) is 1.82. The SMILES string of the molecule is CC(=O)c1c[nH]c(C(=O)NCc2ccc(F)c(C)c2)c1. The first kappa shape index (κ1) is 14.0. The van der Waals surface area contributed by atoms with E-state index in [9.17, 15) is 14.0 Å². The van der Waals surface area contributed by atoms with Crippen LogP contribution in [0.4, 0.5) is 4.39 Å². The molecule has 0 atom stereocenters. The highest BCUT2D eigenvalue weighted by atomic mass is 19.1. The Balaban J connectivity index is 2.00. The largest absolute Gasteiger partial charge is 0.356 e. The van der Waals surface area contributed by atoms with Gasteiger partial charge < -0.3 is 10.3 Å². The molecule has 0 saturated heterocycles. The van der Waals surface area contributed by atoms with Crippen LogP contribution >= 0.6 is 0 Å². The molecule has 0 fully saturated rings. The van der Waals surface area contributed by atoms with Crippen molar-refractivity contribution in [2.24, 2.45) is 0 Å². The van der Waals surface area contributed by atoms with Crippen LogP contribution in [0.25, 0.3) is 0 Å². The summed E-state index contributed by atoms with van der Waals surface area (Å²) in [5.74, 6) is -0.676. The van der Waals surface area contributed by atoms with Crippen molar-refractivity contribution in [1.82, 2.24) is 10.3 Å². The van der Waals surface area contributed by atoms with Gasteiger partial charge in [0.15, 0.2) is 5.78 Å². The molecule has 104 valence electrons. The maximum Gasteiger partial charge on any atom is 0.267 e. The summed E-state index contributed by atoms with van der Waals surface area (Å²) in [5.41, 5.74) is 2.15. The molecule has 0 unspecified atom stereocenters. The third kappa shape index (κ3) is 3.12. The van der Waals surface area contributed by atoms with Gasteiger partial charge in [0.25, 0.3) is 5.91 Å². The molecular weight excluding hydrogens is 259 g/mol. The monoisotopic (exact) mass is 274 g/mol. The lowest BCUT2D eigenvalue weighted by molar-refractivity contribution is 0.0946. The number of carbonyl (C=O) groups excluding carboxylic acids is 2. The second kappa shape index (κ2) is 5.69. The first-order chi connectivity index (χ1) is 9.47. The standard InChI is InChI=1S/C15H15FN2O2/c1-9-5-11(3-4-13(9)16)7-18-15(20)14-6-12(8-17-14)10(2)19/h3-6,8,17H,7H2,1-2H3,(H,18,20). The van der Waals surface area contributed by atoms with E-state index in [0.29, 0.717) is 23.4 Å². The Morgan fingerprint density at radius 3 is 2.65 bits per heavy atom. The topological polar surface area (TPSA) is 62.0 Å². The van der Waals surface area contributed by atoms with Crippen molar-refractivity contribution in [3.63, 3.8) is 0 Å². The number of aryl methyl sites for hydroxylation is 1. The van der Waals surface area contributed by atoms with Crippen LogP contribution in [-0.2, 0) is 6.54 Å². The summed E-state index contributed by atoms with van der Waals surface area (Å²) in [6, 6.07) is 6.19. The van der Waals surface area contributed by atoms with Gasteiger partial charge in [-0.2, -0.15) is 0 Å². The number of benzene rings is 1. The van der Waals surface area contributed by atoms with Gasteiger partial charge in [0, 0.05) is 18.3 Å². The van der Waals surface area contributed by atoms with Crippen molar-refractivity contribution in [3.05, 3.63) is 58.7 Å². The second-order valence-electron chi connectivity index (χ2n) is 4.62. The molecule has 0 aliphatic heterocycles. The molecule has 1 aromatic heterocycles. The zero-order valence-electron chi connectivity index (χ0n) is 11.3. The number of hydrogen-bond acceptors (Lipinski definition) is 2. The first-order valence-electron chi connectivity index (χ1n) is 6.20. The van der Waals surface area contributed by atoms with Crippen molar-refractivity contribution in [2.75, 3.05) is 0 Å². The van der Waals surface area contributed by atoms with E-state index in [1.807, 2.05) is 0 Å². The minimum Gasteiger partial charge on any atom is -0.356 e. The van der Waals surface area contributed by atoms with E-state index in [1.165, 1.54) is 25.3 Å². The summed E-state index contributed by atoms with van der Waals surface area (Å²) in [5, 5.41) is 2.71. The molecular formula is C15H15FN2O2. The van der Waals surface area contributed by atoms with Gasteiger partial charge in [-0.1, -0.05) is 12.1 Å². The van der Waals surface area contributed by atoms with Gasteiger partial charge in [0.05, 0.1) is 0 Å². The Morgan fingerprint density at radius 2 is 2.05 bits per heavy atom. The minimum atomic E-state index is -0.306. The Morgan fingerprint density at radius 1 is 1.30 bits per heavy atom. The smallest absolute Gasteiger partial charge is 0.267 e. The third-order valence-corrected chi connectivity index (χ3v) is 3.01. The van der Waals surface area contributed by atoms with Crippen LogP contribution in [-0.4, -0.2) is 16.7 Å². The van der Waals surface area contributed by atoms with E-state index in [2.05, 4.69) is 10.3 Å². The molecule has 0 aliphatic rings. The number of halogens is 1. The van der Waals surface area contributed by atoms with Crippen LogP contribution in [0.1, 0.15) is 38.9 Å². The third-order valence-electron chi connectivity index (χ3n) is 3.01. The zero-order valence-corrected chi connectivity index (χ0v) is 11.3. The summed E-state index contributed by atoms with van der Waals surface area (Å²) in [4.78, 5) is 25.8. The fourth-order valence-corrected chi connectivity index (χ4v) is 1.82. The highest BCUT2D eigenvalue weighted by Crippen LogP contribution is 2.09. The molecule has 0 spiro atoms. The number of Topliss-reactive ketones (excluding diaryl/α,β-unsaturated/α-hetero) is 1. The van der Waals surface area contributed by atoms with Crippen molar-refractivity contribution in [1.29, 1.82) is 0 Å². The van der Waals surface area contributed by atoms with E-state index < -0.39 is 0 Å². The van der Waals surface area contributed by atoms with Crippen molar-refractivity contribution < 1.29 is 14.0 Å².